The molecule has 1 heterocycles. The van der Waals surface area contributed by atoms with Crippen molar-refractivity contribution >= 4 is 5.91 Å². The third-order valence-electron chi connectivity index (χ3n) is 4.16. The first-order valence-electron chi connectivity index (χ1n) is 6.88. The normalized spacial score (nSPS) is 19.8. The molecule has 2 rings (SSSR count). The Morgan fingerprint density at radius 2 is 2.05 bits per heavy atom. The van der Waals surface area contributed by atoms with Crippen molar-refractivity contribution in [2.75, 3.05) is 13.1 Å². The van der Waals surface area contributed by atoms with Gasteiger partial charge in [0, 0.05) is 18.7 Å². The van der Waals surface area contributed by atoms with Crippen LogP contribution >= 0.6 is 0 Å². The van der Waals surface area contributed by atoms with Crippen LogP contribution < -0.4 is 0 Å². The average molecular weight is 261 g/mol. The minimum Gasteiger partial charge on any atom is -0.508 e. The number of phenols is 1. The quantitative estimate of drug-likeness (QED) is 0.843. The number of rotatable bonds is 1. The van der Waals surface area contributed by atoms with Crippen LogP contribution in [0.25, 0.3) is 0 Å². The molecular weight excluding hydrogens is 238 g/mol. The van der Waals surface area contributed by atoms with Gasteiger partial charge in [0.15, 0.2) is 0 Å². The lowest BCUT2D eigenvalue weighted by Gasteiger charge is -2.27. The van der Waals surface area contributed by atoms with Gasteiger partial charge in [-0.3, -0.25) is 4.79 Å². The van der Waals surface area contributed by atoms with Gasteiger partial charge in [-0.2, -0.15) is 0 Å². The first-order chi connectivity index (χ1) is 8.79. The van der Waals surface area contributed by atoms with Gasteiger partial charge in [0.25, 0.3) is 5.91 Å². The van der Waals surface area contributed by atoms with E-state index in [2.05, 4.69) is 20.8 Å². The van der Waals surface area contributed by atoms with Crippen molar-refractivity contribution in [3.63, 3.8) is 0 Å². The maximum atomic E-state index is 12.4. The van der Waals surface area contributed by atoms with Crippen LogP contribution in [0.2, 0.25) is 0 Å². The highest BCUT2D eigenvalue weighted by Crippen LogP contribution is 2.34. The van der Waals surface area contributed by atoms with E-state index >= 15 is 0 Å². The minimum absolute atomic E-state index is 0.0297. The highest BCUT2D eigenvalue weighted by atomic mass is 16.3. The number of aryl methyl sites for hydroxylation is 1. The zero-order valence-electron chi connectivity index (χ0n) is 12.2. The van der Waals surface area contributed by atoms with Crippen LogP contribution in [-0.2, 0) is 0 Å². The molecule has 0 radical (unpaired) electrons. The molecule has 1 aromatic rings. The number of nitrogens with zero attached hydrogens (tertiary/aromatic N) is 1. The van der Waals surface area contributed by atoms with E-state index in [1.165, 1.54) is 0 Å². The minimum atomic E-state index is 0.0297. The number of hydrogen-bond donors (Lipinski definition) is 1. The molecule has 1 N–H and O–H groups in total. The summed E-state index contributed by atoms with van der Waals surface area (Å²) in [6, 6.07) is 5.16. The zero-order valence-corrected chi connectivity index (χ0v) is 12.2. The molecule has 1 saturated heterocycles. The topological polar surface area (TPSA) is 40.5 Å². The van der Waals surface area contributed by atoms with Crippen LogP contribution in [0, 0.1) is 18.3 Å². The standard InChI is InChI=1S/C16H23NO2/c1-11-5-6-12(9-14(11)18)15(19)17-8-7-13(10-17)16(2,3)4/h5-6,9,13,18H,7-8,10H2,1-4H3. The van der Waals surface area contributed by atoms with Crippen molar-refractivity contribution in [3.8, 4) is 5.75 Å². The summed E-state index contributed by atoms with van der Waals surface area (Å²) < 4.78 is 0. The summed E-state index contributed by atoms with van der Waals surface area (Å²) in [5, 5.41) is 9.70. The number of phenolic OH excluding ortho intramolecular Hbond substituents is 1. The van der Waals surface area contributed by atoms with E-state index in [0.717, 1.165) is 25.1 Å². The maximum Gasteiger partial charge on any atom is 0.253 e. The molecule has 0 aliphatic carbocycles. The molecule has 3 nitrogen and oxygen atoms in total. The molecule has 3 heteroatoms. The van der Waals surface area contributed by atoms with E-state index in [0.29, 0.717) is 11.5 Å². The molecule has 1 aromatic carbocycles. The van der Waals surface area contributed by atoms with Gasteiger partial charge in [-0.1, -0.05) is 26.8 Å². The van der Waals surface area contributed by atoms with Crippen LogP contribution in [0.15, 0.2) is 18.2 Å². The van der Waals surface area contributed by atoms with E-state index < -0.39 is 0 Å². The predicted octanol–water partition coefficient (Wildman–Crippen LogP) is 3.21. The predicted molar refractivity (Wildman–Crippen MR) is 76.3 cm³/mol. The van der Waals surface area contributed by atoms with Crippen molar-refractivity contribution in [3.05, 3.63) is 29.3 Å². The van der Waals surface area contributed by atoms with E-state index in [4.69, 9.17) is 0 Å². The summed E-state index contributed by atoms with van der Waals surface area (Å²) >= 11 is 0. The highest BCUT2D eigenvalue weighted by Gasteiger charge is 2.34. The van der Waals surface area contributed by atoms with Crippen LogP contribution in [-0.4, -0.2) is 29.0 Å². The SMILES string of the molecule is Cc1ccc(C(=O)N2CCC(C(C)(C)C)C2)cc1O. The van der Waals surface area contributed by atoms with Gasteiger partial charge in [-0.15, -0.1) is 0 Å². The third-order valence-corrected chi connectivity index (χ3v) is 4.16. The second-order valence-corrected chi connectivity index (χ2v) is 6.60. The van der Waals surface area contributed by atoms with Crippen LogP contribution in [0.3, 0.4) is 0 Å². The molecule has 19 heavy (non-hydrogen) atoms. The Kier molecular flexibility index (Phi) is 3.57. The molecule has 0 bridgehead atoms. The number of carbonyl (C=O) groups excluding carboxylic acids is 1. The van der Waals surface area contributed by atoms with Gasteiger partial charge in [0.05, 0.1) is 0 Å². The monoisotopic (exact) mass is 261 g/mol. The van der Waals surface area contributed by atoms with Crippen molar-refractivity contribution in [1.29, 1.82) is 0 Å². The smallest absolute Gasteiger partial charge is 0.253 e. The highest BCUT2D eigenvalue weighted by molar-refractivity contribution is 5.94. The van der Waals surface area contributed by atoms with Gasteiger partial charge >= 0.3 is 0 Å². The number of hydrogen-bond acceptors (Lipinski definition) is 2. The van der Waals surface area contributed by atoms with Gasteiger partial charge in [-0.05, 0) is 42.4 Å². The first kappa shape index (κ1) is 13.9. The summed E-state index contributed by atoms with van der Waals surface area (Å²) in [5.74, 6) is 0.773. The van der Waals surface area contributed by atoms with E-state index in [1.54, 1.807) is 18.2 Å². The van der Waals surface area contributed by atoms with Gasteiger partial charge in [0.2, 0.25) is 0 Å². The maximum absolute atomic E-state index is 12.4. The summed E-state index contributed by atoms with van der Waals surface area (Å²) in [7, 11) is 0. The van der Waals surface area contributed by atoms with Crippen LogP contribution in [0.4, 0.5) is 0 Å². The lowest BCUT2D eigenvalue weighted by molar-refractivity contribution is 0.0776. The largest absolute Gasteiger partial charge is 0.508 e. The molecule has 0 spiro atoms. The Balaban J connectivity index is 2.11. The molecule has 1 fully saturated rings. The van der Waals surface area contributed by atoms with Crippen molar-refractivity contribution in [2.24, 2.45) is 11.3 Å². The van der Waals surface area contributed by atoms with E-state index in [-0.39, 0.29) is 17.1 Å². The van der Waals surface area contributed by atoms with E-state index in [1.807, 2.05) is 11.8 Å². The second kappa shape index (κ2) is 4.87. The van der Waals surface area contributed by atoms with Gasteiger partial charge in [0.1, 0.15) is 5.75 Å². The Morgan fingerprint density at radius 1 is 1.37 bits per heavy atom. The van der Waals surface area contributed by atoms with Gasteiger partial charge < -0.3 is 10.0 Å². The molecule has 1 unspecified atom stereocenters. The number of aromatic hydroxyl groups is 1. The summed E-state index contributed by atoms with van der Waals surface area (Å²) in [4.78, 5) is 14.3. The van der Waals surface area contributed by atoms with Crippen LogP contribution in [0.5, 0.6) is 5.75 Å². The molecular formula is C16H23NO2. The zero-order chi connectivity index (χ0) is 14.2. The van der Waals surface area contributed by atoms with E-state index in [9.17, 15) is 9.90 Å². The lowest BCUT2D eigenvalue weighted by atomic mass is 9.80. The summed E-state index contributed by atoms with van der Waals surface area (Å²) in [6.45, 7) is 10.1. The Hall–Kier alpha value is -1.51. The molecule has 0 aromatic heterocycles. The average Bonchev–Trinajstić information content (AvgIpc) is 2.81. The Morgan fingerprint density at radius 3 is 2.58 bits per heavy atom. The fourth-order valence-electron chi connectivity index (χ4n) is 2.58. The van der Waals surface area contributed by atoms with Crippen LogP contribution in [0.1, 0.15) is 43.1 Å². The molecule has 0 saturated carbocycles. The number of carbonyl (C=O) groups is 1. The fourth-order valence-corrected chi connectivity index (χ4v) is 2.58. The molecule has 1 amide bonds. The number of benzene rings is 1. The lowest BCUT2D eigenvalue weighted by Crippen LogP contribution is -2.31. The molecule has 104 valence electrons. The number of amides is 1. The van der Waals surface area contributed by atoms with Crippen molar-refractivity contribution < 1.29 is 9.90 Å². The first-order valence-corrected chi connectivity index (χ1v) is 6.88. The van der Waals surface area contributed by atoms with Crippen molar-refractivity contribution in [2.45, 2.75) is 34.1 Å². The second-order valence-electron chi connectivity index (χ2n) is 6.60. The molecule has 1 aliphatic heterocycles. The Labute approximate surface area is 115 Å². The third kappa shape index (κ3) is 2.91. The van der Waals surface area contributed by atoms with Crippen molar-refractivity contribution in [1.82, 2.24) is 4.90 Å². The molecule has 1 aliphatic rings. The molecule has 1 atom stereocenters. The fraction of sp³-hybridized carbons (Fsp3) is 0.562. The van der Waals surface area contributed by atoms with Gasteiger partial charge in [-0.25, -0.2) is 0 Å². The Bertz CT molecular complexity index is 488. The number of likely N-dealkylation sites (tertiary alicyclic amines) is 1. The summed E-state index contributed by atoms with van der Waals surface area (Å²) in [6.07, 6.45) is 1.06. The summed E-state index contributed by atoms with van der Waals surface area (Å²) in [5.41, 5.74) is 1.62.